The first-order chi connectivity index (χ1) is 13.4. The molecule has 1 heterocycles. The summed E-state index contributed by atoms with van der Waals surface area (Å²) in [5, 5.41) is 0. The summed E-state index contributed by atoms with van der Waals surface area (Å²) in [7, 11) is 6.11. The molecule has 0 N–H and O–H groups in total. The van der Waals surface area contributed by atoms with Crippen molar-refractivity contribution in [3.05, 3.63) is 76.5 Å². The highest BCUT2D eigenvalue weighted by atomic mass is 16.1. The van der Waals surface area contributed by atoms with Gasteiger partial charge in [0, 0.05) is 41.5 Å². The number of Topliss-reactive ketones (excluding diaryl/α,β-unsaturated/α-hetero) is 1. The van der Waals surface area contributed by atoms with Crippen molar-refractivity contribution in [3.8, 4) is 0 Å². The Labute approximate surface area is 176 Å². The van der Waals surface area contributed by atoms with Crippen LogP contribution in [0.1, 0.15) is 40.2 Å². The minimum Gasteiger partial charge on any atom is -0.347 e. The Balaban J connectivity index is 2.04. The average molecular weight is 391 g/mol. The van der Waals surface area contributed by atoms with Gasteiger partial charge in [-0.15, -0.1) is 0 Å². The molecule has 154 valence electrons. The molecule has 0 radical (unpaired) electrons. The number of allylic oxidation sites excluding steroid dienone is 7. The lowest BCUT2D eigenvalue weighted by Crippen LogP contribution is -2.25. The molecule has 0 saturated heterocycles. The quantitative estimate of drug-likeness (QED) is 0.657. The summed E-state index contributed by atoms with van der Waals surface area (Å²) in [6, 6.07) is 8.53. The van der Waals surface area contributed by atoms with Gasteiger partial charge >= 0.3 is 0 Å². The molecule has 0 bridgehead atoms. The third-order valence-electron chi connectivity index (χ3n) is 5.91. The number of nitrogens with zero attached hydrogens (tertiary/aromatic N) is 2. The summed E-state index contributed by atoms with van der Waals surface area (Å²) >= 11 is 0. The number of benzene rings is 1. The van der Waals surface area contributed by atoms with Crippen molar-refractivity contribution < 1.29 is 4.79 Å². The summed E-state index contributed by atoms with van der Waals surface area (Å²) in [5.74, 6) is 0.125. The normalized spacial score (nSPS) is 21.7. The second kappa shape index (κ2) is 7.46. The number of ketones is 1. The number of likely N-dealkylation sites (N-methyl/N-ethyl adjacent to an activating group) is 2. The average Bonchev–Trinajstić information content (AvgIpc) is 2.81. The Hall–Kier alpha value is -2.39. The molecule has 1 aliphatic carbocycles. The number of fused-ring (bicyclic) bond motifs is 1. The molecule has 0 spiro atoms. The Morgan fingerprint density at radius 3 is 2.31 bits per heavy atom. The predicted molar refractivity (Wildman–Crippen MR) is 123 cm³/mol. The maximum atomic E-state index is 13.1. The van der Waals surface area contributed by atoms with E-state index in [4.69, 9.17) is 0 Å². The van der Waals surface area contributed by atoms with E-state index < -0.39 is 0 Å². The number of rotatable bonds is 3. The van der Waals surface area contributed by atoms with E-state index in [0.29, 0.717) is 6.54 Å². The predicted octanol–water partition coefficient (Wildman–Crippen LogP) is 5.27. The molecular formula is C26H34N2O. The van der Waals surface area contributed by atoms with Gasteiger partial charge in [0.25, 0.3) is 0 Å². The molecule has 0 aromatic heterocycles. The van der Waals surface area contributed by atoms with Gasteiger partial charge in [0.05, 0.1) is 0 Å². The van der Waals surface area contributed by atoms with Crippen LogP contribution in [0, 0.1) is 5.41 Å². The molecule has 3 heteroatoms. The van der Waals surface area contributed by atoms with Crippen LogP contribution in [0.4, 0.5) is 5.69 Å². The minimum atomic E-state index is -0.0982. The molecule has 29 heavy (non-hydrogen) atoms. The molecule has 0 saturated carbocycles. The first kappa shape index (κ1) is 21.3. The Morgan fingerprint density at radius 2 is 1.72 bits per heavy atom. The van der Waals surface area contributed by atoms with Crippen molar-refractivity contribution in [2.75, 3.05) is 32.6 Å². The smallest absolute Gasteiger partial charge is 0.190 e. The first-order valence-corrected chi connectivity index (χ1v) is 10.3. The number of hydrogen-bond donors (Lipinski definition) is 0. The molecular weight excluding hydrogens is 356 g/mol. The van der Waals surface area contributed by atoms with Crippen molar-refractivity contribution in [1.29, 1.82) is 0 Å². The van der Waals surface area contributed by atoms with Crippen molar-refractivity contribution >= 4 is 11.5 Å². The van der Waals surface area contributed by atoms with E-state index in [1.165, 1.54) is 22.5 Å². The van der Waals surface area contributed by atoms with E-state index >= 15 is 0 Å². The maximum absolute atomic E-state index is 13.1. The number of para-hydroxylation sites is 1. The van der Waals surface area contributed by atoms with Crippen LogP contribution in [0.15, 0.2) is 71.0 Å². The van der Waals surface area contributed by atoms with Gasteiger partial charge in [-0.25, -0.2) is 0 Å². The second-order valence-electron chi connectivity index (χ2n) is 9.96. The van der Waals surface area contributed by atoms with E-state index in [2.05, 4.69) is 94.0 Å². The molecule has 1 aliphatic heterocycles. The number of anilines is 1. The summed E-state index contributed by atoms with van der Waals surface area (Å²) < 4.78 is 0. The van der Waals surface area contributed by atoms with Crippen LogP contribution in [-0.2, 0) is 10.2 Å². The minimum absolute atomic E-state index is 0.00977. The number of carbonyl (C=O) groups excluding carboxylic acids is 1. The Kier molecular flexibility index (Phi) is 5.48. The van der Waals surface area contributed by atoms with Gasteiger partial charge < -0.3 is 9.80 Å². The zero-order valence-electron chi connectivity index (χ0n) is 19.1. The van der Waals surface area contributed by atoms with Crippen LogP contribution in [0.3, 0.4) is 0 Å². The van der Waals surface area contributed by atoms with Gasteiger partial charge in [-0.1, -0.05) is 58.9 Å². The van der Waals surface area contributed by atoms with Crippen molar-refractivity contribution in [2.45, 2.75) is 40.0 Å². The van der Waals surface area contributed by atoms with Gasteiger partial charge in [-0.2, -0.15) is 0 Å². The van der Waals surface area contributed by atoms with Crippen LogP contribution in [0.2, 0.25) is 0 Å². The highest BCUT2D eigenvalue weighted by molar-refractivity contribution is 6.12. The third kappa shape index (κ3) is 4.02. The van der Waals surface area contributed by atoms with Gasteiger partial charge in [-0.3, -0.25) is 4.79 Å². The van der Waals surface area contributed by atoms with E-state index in [-0.39, 0.29) is 16.6 Å². The van der Waals surface area contributed by atoms with Gasteiger partial charge in [-0.05, 0) is 54.9 Å². The maximum Gasteiger partial charge on any atom is 0.190 e. The Bertz CT molecular complexity index is 949. The highest BCUT2D eigenvalue weighted by Gasteiger charge is 2.37. The van der Waals surface area contributed by atoms with Crippen LogP contribution in [0.5, 0.6) is 0 Å². The highest BCUT2D eigenvalue weighted by Crippen LogP contribution is 2.46. The third-order valence-corrected chi connectivity index (χ3v) is 5.91. The zero-order chi connectivity index (χ0) is 21.6. The molecule has 0 atom stereocenters. The molecule has 1 aromatic rings. The monoisotopic (exact) mass is 390 g/mol. The van der Waals surface area contributed by atoms with Crippen molar-refractivity contribution in [2.24, 2.45) is 5.41 Å². The lowest BCUT2D eigenvalue weighted by atomic mass is 9.79. The number of hydrogen-bond acceptors (Lipinski definition) is 3. The van der Waals surface area contributed by atoms with E-state index in [9.17, 15) is 4.79 Å². The van der Waals surface area contributed by atoms with Crippen LogP contribution < -0.4 is 4.90 Å². The lowest BCUT2D eigenvalue weighted by molar-refractivity contribution is -0.112. The van der Waals surface area contributed by atoms with Gasteiger partial charge in [0.1, 0.15) is 0 Å². The topological polar surface area (TPSA) is 23.6 Å². The second-order valence-corrected chi connectivity index (χ2v) is 9.96. The summed E-state index contributed by atoms with van der Waals surface area (Å²) in [5.41, 5.74) is 6.46. The summed E-state index contributed by atoms with van der Waals surface area (Å²) in [4.78, 5) is 17.4. The standard InChI is InChI=1S/C26H34N2O/c1-25(2,3)20-15-18(24(29)19(16-20)17-27(6)7)13-14-23-26(4,5)21-11-9-10-12-22(21)28(23)8/h9-16H,17H2,1-8H3/b18-13+,23-14+. The van der Waals surface area contributed by atoms with Crippen molar-refractivity contribution in [1.82, 2.24) is 4.90 Å². The van der Waals surface area contributed by atoms with Gasteiger partial charge in [0.2, 0.25) is 0 Å². The van der Waals surface area contributed by atoms with E-state index in [1.807, 2.05) is 20.2 Å². The lowest BCUT2D eigenvalue weighted by Gasteiger charge is -2.26. The largest absolute Gasteiger partial charge is 0.347 e. The van der Waals surface area contributed by atoms with Gasteiger partial charge in [0.15, 0.2) is 5.78 Å². The molecule has 0 fully saturated rings. The molecule has 1 aromatic carbocycles. The molecule has 3 rings (SSSR count). The number of carbonyl (C=O) groups is 1. The summed E-state index contributed by atoms with van der Waals surface area (Å²) in [6.07, 6.45) is 8.28. The zero-order valence-corrected chi connectivity index (χ0v) is 19.1. The molecule has 0 unspecified atom stereocenters. The SMILES string of the molecule is CN(C)CC1=CC(C(C)(C)C)=C/C(=C\C=C2\N(C)c3ccccc3C2(C)C)C1=O. The fourth-order valence-electron chi connectivity index (χ4n) is 4.20. The fourth-order valence-corrected chi connectivity index (χ4v) is 4.20. The first-order valence-electron chi connectivity index (χ1n) is 10.3. The van der Waals surface area contributed by atoms with E-state index in [1.54, 1.807) is 0 Å². The van der Waals surface area contributed by atoms with Crippen LogP contribution in [0.25, 0.3) is 0 Å². The van der Waals surface area contributed by atoms with E-state index in [0.717, 1.165) is 11.1 Å². The molecule has 0 amide bonds. The van der Waals surface area contributed by atoms with Crippen LogP contribution in [-0.4, -0.2) is 38.4 Å². The van der Waals surface area contributed by atoms with Crippen molar-refractivity contribution in [3.63, 3.8) is 0 Å². The summed E-state index contributed by atoms with van der Waals surface area (Å²) in [6.45, 7) is 11.7. The Morgan fingerprint density at radius 1 is 1.07 bits per heavy atom. The fraction of sp³-hybridized carbons (Fsp3) is 0.423. The van der Waals surface area contributed by atoms with Crippen LogP contribution >= 0.6 is 0 Å². The molecule has 2 aliphatic rings. The molecule has 3 nitrogen and oxygen atoms in total.